The fourth-order valence-electron chi connectivity index (χ4n) is 1.85. The summed E-state index contributed by atoms with van der Waals surface area (Å²) in [6.07, 6.45) is 1.93. The Morgan fingerprint density at radius 3 is 2.57 bits per heavy atom. The largest absolute Gasteiger partial charge is 0.469 e. The Morgan fingerprint density at radius 2 is 1.95 bits per heavy atom. The summed E-state index contributed by atoms with van der Waals surface area (Å²) in [5, 5.41) is 0. The molecule has 2 rings (SSSR count). The van der Waals surface area contributed by atoms with Gasteiger partial charge in [0, 0.05) is 28.9 Å². The number of nitrogens with zero attached hydrogens (tertiary/aromatic N) is 4. The third-order valence-electron chi connectivity index (χ3n) is 2.86. The van der Waals surface area contributed by atoms with Crippen molar-refractivity contribution in [2.24, 2.45) is 4.52 Å². The fourth-order valence-corrected chi connectivity index (χ4v) is 2.68. The van der Waals surface area contributed by atoms with Crippen molar-refractivity contribution < 1.29 is 12.8 Å². The summed E-state index contributed by atoms with van der Waals surface area (Å²) in [4.78, 5) is 2.39. The molecule has 0 bridgehead atoms. The quantitative estimate of drug-likeness (QED) is 0.446. The first kappa shape index (κ1) is 15.1. The van der Waals surface area contributed by atoms with Gasteiger partial charge >= 0.3 is 10.2 Å². The molecule has 1 aromatic carbocycles. The summed E-state index contributed by atoms with van der Waals surface area (Å²) in [6, 6.07) is 12.6. The maximum atomic E-state index is 12.0. The van der Waals surface area contributed by atoms with Crippen LogP contribution in [0.5, 0.6) is 0 Å². The first-order valence-electron chi connectivity index (χ1n) is 6.24. The number of furan rings is 1. The van der Waals surface area contributed by atoms with Crippen molar-refractivity contribution in [1.82, 2.24) is 4.31 Å². The normalized spacial score (nSPS) is 11.3. The molecule has 0 radical (unpaired) electrons. The summed E-state index contributed by atoms with van der Waals surface area (Å²) in [6.45, 7) is 0.312. The van der Waals surface area contributed by atoms with Gasteiger partial charge in [0.2, 0.25) is 0 Å². The SMILES string of the molecule is [N-]=[N+]=NS(=O)(=O)N(CCc1ccco1)Cc1ccccc1. The van der Waals surface area contributed by atoms with Crippen LogP contribution in [0.15, 0.2) is 57.7 Å². The number of rotatable bonds is 7. The van der Waals surface area contributed by atoms with Crippen LogP contribution < -0.4 is 0 Å². The summed E-state index contributed by atoms with van der Waals surface area (Å²) in [5.74, 6) is 0.671. The zero-order chi connectivity index (χ0) is 15.1. The van der Waals surface area contributed by atoms with Crippen molar-refractivity contribution in [2.45, 2.75) is 13.0 Å². The molecule has 2 aromatic rings. The highest BCUT2D eigenvalue weighted by Gasteiger charge is 2.21. The van der Waals surface area contributed by atoms with Gasteiger partial charge in [-0.2, -0.15) is 4.31 Å². The van der Waals surface area contributed by atoms with Crippen molar-refractivity contribution in [2.75, 3.05) is 6.54 Å². The van der Waals surface area contributed by atoms with Gasteiger partial charge in [0.1, 0.15) is 5.76 Å². The molecule has 0 aliphatic rings. The maximum absolute atomic E-state index is 12.0. The molecule has 0 spiro atoms. The molecule has 1 heterocycles. The van der Waals surface area contributed by atoms with Crippen molar-refractivity contribution >= 4 is 10.2 Å². The van der Waals surface area contributed by atoms with Crippen LogP contribution in [0.4, 0.5) is 0 Å². The van der Waals surface area contributed by atoms with Gasteiger partial charge < -0.3 is 4.42 Å². The Balaban J connectivity index is 2.16. The molecule has 0 unspecified atom stereocenters. The van der Waals surface area contributed by atoms with Crippen molar-refractivity contribution in [3.8, 4) is 0 Å². The molecule has 110 valence electrons. The third-order valence-corrected chi connectivity index (χ3v) is 4.10. The predicted molar refractivity (Wildman–Crippen MR) is 77.3 cm³/mol. The van der Waals surface area contributed by atoms with Crippen LogP contribution in [0.3, 0.4) is 0 Å². The van der Waals surface area contributed by atoms with E-state index in [9.17, 15) is 8.42 Å². The molecule has 0 saturated heterocycles. The Hall–Kier alpha value is -2.28. The minimum atomic E-state index is -4.02. The lowest BCUT2D eigenvalue weighted by molar-refractivity contribution is 0.392. The van der Waals surface area contributed by atoms with Crippen LogP contribution >= 0.6 is 0 Å². The molecule has 0 fully saturated rings. The van der Waals surface area contributed by atoms with E-state index < -0.39 is 10.2 Å². The maximum Gasteiger partial charge on any atom is 0.302 e. The van der Waals surface area contributed by atoms with Crippen LogP contribution in [0.25, 0.3) is 10.4 Å². The highest BCUT2D eigenvalue weighted by molar-refractivity contribution is 7.87. The molecule has 0 aliphatic heterocycles. The first-order valence-corrected chi connectivity index (χ1v) is 7.64. The summed E-state index contributed by atoms with van der Waals surface area (Å²) < 4.78 is 33.2. The van der Waals surface area contributed by atoms with E-state index in [0.29, 0.717) is 12.2 Å². The number of azide groups is 1. The van der Waals surface area contributed by atoms with Crippen LogP contribution in [0.2, 0.25) is 0 Å². The van der Waals surface area contributed by atoms with Crippen molar-refractivity contribution in [3.63, 3.8) is 0 Å². The molecule has 0 atom stereocenters. The van der Waals surface area contributed by atoms with E-state index in [2.05, 4.69) is 9.43 Å². The summed E-state index contributed by atoms with van der Waals surface area (Å²) in [7, 11) is -4.02. The highest BCUT2D eigenvalue weighted by atomic mass is 32.2. The van der Waals surface area contributed by atoms with Gasteiger partial charge in [-0.05, 0) is 23.2 Å². The van der Waals surface area contributed by atoms with Gasteiger partial charge in [0.25, 0.3) is 0 Å². The summed E-state index contributed by atoms with van der Waals surface area (Å²) >= 11 is 0. The molecule has 1 aromatic heterocycles. The number of benzene rings is 1. The highest BCUT2D eigenvalue weighted by Crippen LogP contribution is 2.13. The predicted octanol–water partition coefficient (Wildman–Crippen LogP) is 2.88. The van der Waals surface area contributed by atoms with Crippen LogP contribution in [-0.4, -0.2) is 19.3 Å². The van der Waals surface area contributed by atoms with Crippen molar-refractivity contribution in [3.05, 3.63) is 70.5 Å². The Bertz CT molecular complexity index is 707. The molecule has 0 aliphatic carbocycles. The average molecular weight is 306 g/mol. The molecular formula is C13H14N4O3S. The van der Waals surface area contributed by atoms with E-state index in [1.807, 2.05) is 30.3 Å². The Kier molecular flexibility index (Phi) is 4.99. The lowest BCUT2D eigenvalue weighted by Gasteiger charge is -2.18. The number of hydrogen-bond acceptors (Lipinski definition) is 3. The first-order chi connectivity index (χ1) is 10.1. The minimum absolute atomic E-state index is 0.142. The van der Waals surface area contributed by atoms with E-state index >= 15 is 0 Å². The van der Waals surface area contributed by atoms with Gasteiger partial charge in [-0.1, -0.05) is 30.3 Å². The lowest BCUT2D eigenvalue weighted by atomic mass is 10.2. The van der Waals surface area contributed by atoms with Crippen molar-refractivity contribution in [1.29, 1.82) is 0 Å². The van der Waals surface area contributed by atoms with E-state index in [4.69, 9.17) is 9.95 Å². The zero-order valence-electron chi connectivity index (χ0n) is 11.2. The van der Waals surface area contributed by atoms with Gasteiger partial charge in [-0.3, -0.25) is 0 Å². The second-order valence-corrected chi connectivity index (χ2v) is 5.87. The monoisotopic (exact) mass is 306 g/mol. The number of hydrogen-bond donors (Lipinski definition) is 0. The molecule has 0 amide bonds. The van der Waals surface area contributed by atoms with Gasteiger partial charge in [-0.25, -0.2) is 8.42 Å². The third kappa shape index (κ3) is 4.35. The fraction of sp³-hybridized carbons (Fsp3) is 0.231. The lowest BCUT2D eigenvalue weighted by Crippen LogP contribution is -2.30. The molecule has 8 heteroatoms. The molecular weight excluding hydrogens is 292 g/mol. The van der Waals surface area contributed by atoms with Gasteiger partial charge in [0.05, 0.1) is 6.26 Å². The standard InChI is InChI=1S/C13H14N4O3S/c14-15-16-21(18,19)17(9-8-13-7-4-10-20-13)11-12-5-2-1-3-6-12/h1-7,10H,8-9,11H2. The molecule has 21 heavy (non-hydrogen) atoms. The topological polar surface area (TPSA) is 99.3 Å². The summed E-state index contributed by atoms with van der Waals surface area (Å²) in [5.41, 5.74) is 9.22. The van der Waals surface area contributed by atoms with E-state index in [0.717, 1.165) is 9.87 Å². The van der Waals surface area contributed by atoms with Crippen LogP contribution in [0.1, 0.15) is 11.3 Å². The molecule has 7 nitrogen and oxygen atoms in total. The van der Waals surface area contributed by atoms with E-state index in [1.165, 1.54) is 6.26 Å². The Labute approximate surface area is 122 Å². The van der Waals surface area contributed by atoms with Gasteiger partial charge in [0.15, 0.2) is 0 Å². The van der Waals surface area contributed by atoms with E-state index in [1.54, 1.807) is 12.1 Å². The second kappa shape index (κ2) is 6.94. The smallest absolute Gasteiger partial charge is 0.302 e. The minimum Gasteiger partial charge on any atom is -0.469 e. The average Bonchev–Trinajstić information content (AvgIpc) is 2.97. The van der Waals surface area contributed by atoms with E-state index in [-0.39, 0.29) is 13.1 Å². The zero-order valence-corrected chi connectivity index (χ0v) is 12.0. The molecule has 0 N–H and O–H groups in total. The van der Waals surface area contributed by atoms with Gasteiger partial charge in [-0.15, -0.1) is 0 Å². The Morgan fingerprint density at radius 1 is 1.19 bits per heavy atom. The van der Waals surface area contributed by atoms with Crippen LogP contribution in [0, 0.1) is 0 Å². The molecule has 0 saturated carbocycles. The van der Waals surface area contributed by atoms with Crippen LogP contribution in [-0.2, 0) is 23.2 Å². The second-order valence-electron chi connectivity index (χ2n) is 4.30.